The summed E-state index contributed by atoms with van der Waals surface area (Å²) in [7, 11) is 0. The first kappa shape index (κ1) is 14.5. The molecule has 2 atom stereocenters. The Morgan fingerprint density at radius 2 is 2.00 bits per heavy atom. The highest BCUT2D eigenvalue weighted by Gasteiger charge is 2.41. The SMILES string of the molecule is CC1(C)COC(c2ccccc2)CN1C(=O)C1CCCO1. The molecule has 2 heterocycles. The minimum Gasteiger partial charge on any atom is -0.369 e. The van der Waals surface area contributed by atoms with Gasteiger partial charge in [-0.3, -0.25) is 4.79 Å². The van der Waals surface area contributed by atoms with E-state index in [4.69, 9.17) is 9.47 Å². The number of carbonyl (C=O) groups is 1. The molecule has 0 bridgehead atoms. The molecule has 1 amide bonds. The fourth-order valence-electron chi connectivity index (χ4n) is 3.05. The van der Waals surface area contributed by atoms with Gasteiger partial charge in [0.05, 0.1) is 18.7 Å². The lowest BCUT2D eigenvalue weighted by molar-refractivity contribution is -0.163. The van der Waals surface area contributed by atoms with E-state index in [-0.39, 0.29) is 23.7 Å². The first-order valence-corrected chi connectivity index (χ1v) is 7.67. The van der Waals surface area contributed by atoms with Gasteiger partial charge < -0.3 is 14.4 Å². The van der Waals surface area contributed by atoms with Gasteiger partial charge in [-0.2, -0.15) is 0 Å². The van der Waals surface area contributed by atoms with Gasteiger partial charge in [0.1, 0.15) is 12.2 Å². The van der Waals surface area contributed by atoms with Crippen molar-refractivity contribution >= 4 is 5.91 Å². The summed E-state index contributed by atoms with van der Waals surface area (Å²) in [4.78, 5) is 14.7. The van der Waals surface area contributed by atoms with E-state index in [1.165, 1.54) is 0 Å². The quantitative estimate of drug-likeness (QED) is 0.840. The van der Waals surface area contributed by atoms with Crippen LogP contribution in [0.2, 0.25) is 0 Å². The number of nitrogens with zero attached hydrogens (tertiary/aromatic N) is 1. The lowest BCUT2D eigenvalue weighted by Gasteiger charge is -2.46. The van der Waals surface area contributed by atoms with Crippen molar-refractivity contribution in [3.63, 3.8) is 0 Å². The molecular formula is C17H23NO3. The van der Waals surface area contributed by atoms with Crippen molar-refractivity contribution in [1.82, 2.24) is 4.90 Å². The Balaban J connectivity index is 1.77. The predicted octanol–water partition coefficient (Wildman–Crippen LogP) is 2.54. The molecule has 0 aliphatic carbocycles. The molecule has 2 saturated heterocycles. The number of rotatable bonds is 2. The van der Waals surface area contributed by atoms with Gasteiger partial charge in [-0.05, 0) is 32.3 Å². The number of benzene rings is 1. The number of hydrogen-bond acceptors (Lipinski definition) is 3. The third-order valence-corrected chi connectivity index (χ3v) is 4.36. The van der Waals surface area contributed by atoms with Crippen LogP contribution in [0.1, 0.15) is 38.4 Å². The van der Waals surface area contributed by atoms with Crippen molar-refractivity contribution in [3.8, 4) is 0 Å². The Bertz CT molecular complexity index is 494. The van der Waals surface area contributed by atoms with Gasteiger partial charge in [-0.1, -0.05) is 30.3 Å². The Morgan fingerprint density at radius 3 is 2.67 bits per heavy atom. The van der Waals surface area contributed by atoms with Gasteiger partial charge in [0.15, 0.2) is 0 Å². The van der Waals surface area contributed by atoms with Crippen LogP contribution in [-0.2, 0) is 14.3 Å². The fraction of sp³-hybridized carbons (Fsp3) is 0.588. The first-order valence-electron chi connectivity index (χ1n) is 7.67. The second-order valence-corrected chi connectivity index (χ2v) is 6.47. The molecular weight excluding hydrogens is 266 g/mol. The monoisotopic (exact) mass is 289 g/mol. The molecule has 0 spiro atoms. The zero-order valence-corrected chi connectivity index (χ0v) is 12.7. The van der Waals surface area contributed by atoms with Gasteiger partial charge in [-0.25, -0.2) is 0 Å². The van der Waals surface area contributed by atoms with E-state index in [2.05, 4.69) is 26.0 Å². The molecule has 3 rings (SSSR count). The molecule has 2 unspecified atom stereocenters. The smallest absolute Gasteiger partial charge is 0.252 e. The second-order valence-electron chi connectivity index (χ2n) is 6.47. The molecule has 0 radical (unpaired) electrons. The van der Waals surface area contributed by atoms with E-state index in [0.717, 1.165) is 18.4 Å². The molecule has 1 aromatic rings. The first-order chi connectivity index (χ1) is 10.1. The molecule has 2 fully saturated rings. The minimum absolute atomic E-state index is 0.0513. The standard InChI is InChI=1S/C17H23NO3/c1-17(2)12-21-15(13-7-4-3-5-8-13)11-18(17)16(19)14-9-6-10-20-14/h3-5,7-8,14-15H,6,9-12H2,1-2H3. The Kier molecular flexibility index (Phi) is 4.00. The minimum atomic E-state index is -0.283. The summed E-state index contributed by atoms with van der Waals surface area (Å²) in [6, 6.07) is 10.1. The maximum atomic E-state index is 12.7. The molecule has 4 nitrogen and oxygen atoms in total. The molecule has 2 aliphatic rings. The van der Waals surface area contributed by atoms with E-state index >= 15 is 0 Å². The van der Waals surface area contributed by atoms with Crippen LogP contribution in [0.5, 0.6) is 0 Å². The van der Waals surface area contributed by atoms with Crippen LogP contribution < -0.4 is 0 Å². The molecule has 21 heavy (non-hydrogen) atoms. The van der Waals surface area contributed by atoms with E-state index < -0.39 is 0 Å². The van der Waals surface area contributed by atoms with Gasteiger partial charge in [-0.15, -0.1) is 0 Å². The van der Waals surface area contributed by atoms with Crippen LogP contribution in [0.25, 0.3) is 0 Å². The molecule has 0 aromatic heterocycles. The third-order valence-electron chi connectivity index (χ3n) is 4.36. The average molecular weight is 289 g/mol. The van der Waals surface area contributed by atoms with E-state index in [1.807, 2.05) is 23.1 Å². The zero-order chi connectivity index (χ0) is 14.9. The Labute approximate surface area is 126 Å². The largest absolute Gasteiger partial charge is 0.369 e. The van der Waals surface area contributed by atoms with Crippen LogP contribution in [0.4, 0.5) is 0 Å². The van der Waals surface area contributed by atoms with Crippen LogP contribution in [0.3, 0.4) is 0 Å². The Hall–Kier alpha value is -1.39. The van der Waals surface area contributed by atoms with Crippen molar-refractivity contribution in [2.45, 2.75) is 44.4 Å². The summed E-state index contributed by atoms with van der Waals surface area (Å²) in [6.07, 6.45) is 1.49. The summed E-state index contributed by atoms with van der Waals surface area (Å²) >= 11 is 0. The fourth-order valence-corrected chi connectivity index (χ4v) is 3.05. The molecule has 114 valence electrons. The molecule has 4 heteroatoms. The Morgan fingerprint density at radius 1 is 1.24 bits per heavy atom. The summed E-state index contributed by atoms with van der Waals surface area (Å²) in [5.74, 6) is 0.113. The maximum Gasteiger partial charge on any atom is 0.252 e. The highest BCUT2D eigenvalue weighted by Crippen LogP contribution is 2.32. The van der Waals surface area contributed by atoms with Crippen molar-refractivity contribution in [2.75, 3.05) is 19.8 Å². The highest BCUT2D eigenvalue weighted by molar-refractivity contribution is 5.82. The zero-order valence-electron chi connectivity index (χ0n) is 12.7. The third kappa shape index (κ3) is 2.97. The van der Waals surface area contributed by atoms with Gasteiger partial charge in [0, 0.05) is 6.61 Å². The van der Waals surface area contributed by atoms with Crippen LogP contribution in [0, 0.1) is 0 Å². The van der Waals surface area contributed by atoms with Gasteiger partial charge in [0.2, 0.25) is 0 Å². The van der Waals surface area contributed by atoms with Crippen molar-refractivity contribution in [3.05, 3.63) is 35.9 Å². The van der Waals surface area contributed by atoms with Gasteiger partial charge in [0.25, 0.3) is 5.91 Å². The molecule has 0 saturated carbocycles. The lowest BCUT2D eigenvalue weighted by Crippen LogP contribution is -2.58. The topological polar surface area (TPSA) is 38.8 Å². The highest BCUT2D eigenvalue weighted by atomic mass is 16.5. The normalized spacial score (nSPS) is 28.6. The number of ether oxygens (including phenoxy) is 2. The van der Waals surface area contributed by atoms with Crippen LogP contribution >= 0.6 is 0 Å². The lowest BCUT2D eigenvalue weighted by atomic mass is 9.97. The summed E-state index contributed by atoms with van der Waals surface area (Å²) in [6.45, 7) is 5.95. The van der Waals surface area contributed by atoms with Crippen LogP contribution in [-0.4, -0.2) is 42.2 Å². The summed E-state index contributed by atoms with van der Waals surface area (Å²) < 4.78 is 11.6. The number of amides is 1. The second kappa shape index (κ2) is 5.78. The molecule has 2 aliphatic heterocycles. The summed E-state index contributed by atoms with van der Waals surface area (Å²) in [5.41, 5.74) is 0.840. The number of hydrogen-bond donors (Lipinski definition) is 0. The number of carbonyl (C=O) groups excluding carboxylic acids is 1. The predicted molar refractivity (Wildman–Crippen MR) is 79.9 cm³/mol. The maximum absolute atomic E-state index is 12.7. The molecule has 0 N–H and O–H groups in total. The number of morpholine rings is 1. The van der Waals surface area contributed by atoms with Crippen molar-refractivity contribution in [1.29, 1.82) is 0 Å². The van der Waals surface area contributed by atoms with E-state index in [1.54, 1.807) is 0 Å². The average Bonchev–Trinajstić information content (AvgIpc) is 3.01. The van der Waals surface area contributed by atoms with E-state index in [0.29, 0.717) is 19.8 Å². The van der Waals surface area contributed by atoms with Gasteiger partial charge >= 0.3 is 0 Å². The van der Waals surface area contributed by atoms with E-state index in [9.17, 15) is 4.79 Å². The van der Waals surface area contributed by atoms with Crippen molar-refractivity contribution in [2.24, 2.45) is 0 Å². The molecule has 1 aromatic carbocycles. The van der Waals surface area contributed by atoms with Crippen LogP contribution in [0.15, 0.2) is 30.3 Å². The van der Waals surface area contributed by atoms with Crippen molar-refractivity contribution < 1.29 is 14.3 Å². The summed E-state index contributed by atoms with van der Waals surface area (Å²) in [5, 5.41) is 0.